The number of nitrogens with one attached hydrogen (secondary N) is 2. The monoisotopic (exact) mass is 482 g/mol. The first-order valence-electron chi connectivity index (χ1n) is 12.6. The van der Waals surface area contributed by atoms with Crippen LogP contribution in [0.25, 0.3) is 21.5 Å². The van der Waals surface area contributed by atoms with Crippen molar-refractivity contribution in [1.29, 1.82) is 0 Å². The normalized spacial score (nSPS) is 11.9. The maximum atomic E-state index is 10.2. The van der Waals surface area contributed by atoms with Crippen molar-refractivity contribution in [2.45, 2.75) is 12.8 Å². The van der Waals surface area contributed by atoms with E-state index in [4.69, 9.17) is 0 Å². The zero-order chi connectivity index (χ0) is 25.0. The van der Waals surface area contributed by atoms with Crippen molar-refractivity contribution in [1.82, 2.24) is 10.6 Å². The van der Waals surface area contributed by atoms with Crippen LogP contribution in [0.15, 0.2) is 82.8 Å². The van der Waals surface area contributed by atoms with Crippen LogP contribution in [0.2, 0.25) is 0 Å². The van der Waals surface area contributed by atoms with Crippen LogP contribution in [0, 0.1) is 0 Å². The number of phenols is 2. The Bertz CT molecular complexity index is 1230. The lowest BCUT2D eigenvalue weighted by molar-refractivity contribution is 0.475. The van der Waals surface area contributed by atoms with E-state index in [9.17, 15) is 10.2 Å². The van der Waals surface area contributed by atoms with Crippen molar-refractivity contribution < 1.29 is 10.2 Å². The second kappa shape index (κ2) is 13.4. The fourth-order valence-corrected chi connectivity index (χ4v) is 4.17. The van der Waals surface area contributed by atoms with Gasteiger partial charge in [0, 0.05) is 49.7 Å². The van der Waals surface area contributed by atoms with E-state index in [1.165, 1.54) is 0 Å². The van der Waals surface area contributed by atoms with Gasteiger partial charge in [-0.3, -0.25) is 9.98 Å². The highest BCUT2D eigenvalue weighted by Gasteiger charge is 2.04. The van der Waals surface area contributed by atoms with Crippen molar-refractivity contribution >= 4 is 34.0 Å². The summed E-state index contributed by atoms with van der Waals surface area (Å²) in [5.41, 5.74) is 1.56. The van der Waals surface area contributed by atoms with Crippen LogP contribution < -0.4 is 10.6 Å². The summed E-state index contributed by atoms with van der Waals surface area (Å²) in [5.74, 6) is 0.526. The molecule has 0 aromatic heterocycles. The van der Waals surface area contributed by atoms with Gasteiger partial charge in [0.05, 0.1) is 0 Å². The highest BCUT2D eigenvalue weighted by Crippen LogP contribution is 2.26. The van der Waals surface area contributed by atoms with Gasteiger partial charge in [0.25, 0.3) is 0 Å². The van der Waals surface area contributed by atoms with Crippen molar-refractivity contribution in [2.24, 2.45) is 9.98 Å². The fourth-order valence-electron chi connectivity index (χ4n) is 4.17. The van der Waals surface area contributed by atoms with Gasteiger partial charge in [-0.15, -0.1) is 0 Å². The van der Waals surface area contributed by atoms with E-state index in [1.54, 1.807) is 24.6 Å². The minimum Gasteiger partial charge on any atom is -0.507 e. The zero-order valence-corrected chi connectivity index (χ0v) is 20.5. The molecule has 6 nitrogen and oxygen atoms in total. The molecule has 0 heterocycles. The Morgan fingerprint density at radius 2 is 1.00 bits per heavy atom. The Labute approximate surface area is 212 Å². The van der Waals surface area contributed by atoms with Gasteiger partial charge in [-0.25, -0.2) is 0 Å². The average molecular weight is 483 g/mol. The fraction of sp³-hybridized carbons (Fsp3) is 0.267. The SMILES string of the molecule is Oc1ccc2ccccc2c1C=NCCCNCCNCCCN=Cc1c(O)ccc2ccccc12. The molecule has 186 valence electrons. The van der Waals surface area contributed by atoms with Crippen LogP contribution in [0.1, 0.15) is 24.0 Å². The van der Waals surface area contributed by atoms with Crippen LogP contribution in [-0.2, 0) is 0 Å². The molecular weight excluding hydrogens is 448 g/mol. The van der Waals surface area contributed by atoms with Crippen molar-refractivity contribution in [3.8, 4) is 11.5 Å². The topological polar surface area (TPSA) is 89.2 Å². The summed E-state index contributed by atoms with van der Waals surface area (Å²) in [5, 5.41) is 31.4. The third-order valence-electron chi connectivity index (χ3n) is 6.10. The predicted molar refractivity (Wildman–Crippen MR) is 151 cm³/mol. The lowest BCUT2D eigenvalue weighted by Crippen LogP contribution is -2.29. The maximum Gasteiger partial charge on any atom is 0.124 e. The van der Waals surface area contributed by atoms with E-state index in [0.717, 1.165) is 71.7 Å². The third kappa shape index (κ3) is 6.90. The summed E-state index contributed by atoms with van der Waals surface area (Å²) in [7, 11) is 0. The summed E-state index contributed by atoms with van der Waals surface area (Å²) < 4.78 is 0. The number of benzene rings is 4. The molecule has 0 amide bonds. The predicted octanol–water partition coefficient (Wildman–Crippen LogP) is 4.90. The highest BCUT2D eigenvalue weighted by molar-refractivity contribution is 6.03. The Hall–Kier alpha value is -3.74. The number of rotatable bonds is 13. The first-order chi connectivity index (χ1) is 17.7. The summed E-state index contributed by atoms with van der Waals surface area (Å²) in [6.07, 6.45) is 5.45. The van der Waals surface area contributed by atoms with E-state index in [2.05, 4.69) is 20.6 Å². The molecule has 0 bridgehead atoms. The molecule has 0 aliphatic carbocycles. The largest absolute Gasteiger partial charge is 0.507 e. The molecule has 0 saturated carbocycles. The van der Waals surface area contributed by atoms with Crippen molar-refractivity contribution in [3.63, 3.8) is 0 Å². The van der Waals surface area contributed by atoms with E-state index in [-0.39, 0.29) is 11.5 Å². The van der Waals surface area contributed by atoms with Gasteiger partial charge in [-0.05, 0) is 59.6 Å². The van der Waals surface area contributed by atoms with Crippen LogP contribution in [0.5, 0.6) is 11.5 Å². The number of nitrogens with zero attached hydrogens (tertiary/aromatic N) is 2. The smallest absolute Gasteiger partial charge is 0.124 e. The molecule has 0 atom stereocenters. The Kier molecular flexibility index (Phi) is 9.42. The van der Waals surface area contributed by atoms with E-state index in [1.807, 2.05) is 60.7 Å². The Morgan fingerprint density at radius 1 is 0.556 bits per heavy atom. The minimum atomic E-state index is 0.263. The molecular formula is C30H34N4O2. The second-order valence-electron chi connectivity index (χ2n) is 8.72. The van der Waals surface area contributed by atoms with E-state index < -0.39 is 0 Å². The molecule has 4 rings (SSSR count). The van der Waals surface area contributed by atoms with Gasteiger partial charge >= 0.3 is 0 Å². The van der Waals surface area contributed by atoms with E-state index >= 15 is 0 Å². The lowest BCUT2D eigenvalue weighted by atomic mass is 10.0. The number of phenolic OH excluding ortho intramolecular Hbond substituents is 2. The molecule has 0 saturated heterocycles. The molecule has 0 spiro atoms. The van der Waals surface area contributed by atoms with Gasteiger partial charge in [-0.1, -0.05) is 60.7 Å². The quantitative estimate of drug-likeness (QED) is 0.161. The van der Waals surface area contributed by atoms with Crippen LogP contribution in [-0.4, -0.2) is 61.9 Å². The van der Waals surface area contributed by atoms with Crippen LogP contribution >= 0.6 is 0 Å². The summed E-state index contributed by atoms with van der Waals surface area (Å²) in [4.78, 5) is 9.01. The van der Waals surface area contributed by atoms with Crippen molar-refractivity contribution in [2.75, 3.05) is 39.3 Å². The number of aromatic hydroxyl groups is 2. The van der Waals surface area contributed by atoms with Gasteiger partial charge in [0.15, 0.2) is 0 Å². The minimum absolute atomic E-state index is 0.263. The second-order valence-corrected chi connectivity index (χ2v) is 8.72. The molecule has 36 heavy (non-hydrogen) atoms. The number of aliphatic imine (C=N–C) groups is 2. The van der Waals surface area contributed by atoms with Gasteiger partial charge < -0.3 is 20.8 Å². The van der Waals surface area contributed by atoms with Gasteiger partial charge in [-0.2, -0.15) is 0 Å². The number of hydrogen-bond donors (Lipinski definition) is 4. The standard InChI is InChI=1S/C30H34N4O2/c35-29-13-11-23-7-1-3-9-25(23)27(29)21-33-17-5-15-31-19-20-32-16-6-18-34-22-28-26-10-4-2-8-24(26)12-14-30(28)36/h1-4,7-14,21-22,31-32,35-36H,5-6,15-20H2. The first-order valence-corrected chi connectivity index (χ1v) is 12.6. The molecule has 0 fully saturated rings. The Morgan fingerprint density at radius 3 is 1.47 bits per heavy atom. The maximum absolute atomic E-state index is 10.2. The number of fused-ring (bicyclic) bond motifs is 2. The molecule has 4 aromatic carbocycles. The molecule has 4 N–H and O–H groups in total. The molecule has 0 radical (unpaired) electrons. The van der Waals surface area contributed by atoms with Gasteiger partial charge in [0.2, 0.25) is 0 Å². The molecule has 0 unspecified atom stereocenters. The van der Waals surface area contributed by atoms with E-state index in [0.29, 0.717) is 13.1 Å². The molecule has 0 aliphatic heterocycles. The third-order valence-corrected chi connectivity index (χ3v) is 6.10. The summed E-state index contributed by atoms with van der Waals surface area (Å²) in [6.45, 7) is 5.04. The molecule has 6 heteroatoms. The van der Waals surface area contributed by atoms with Crippen molar-refractivity contribution in [3.05, 3.63) is 83.9 Å². The summed E-state index contributed by atoms with van der Waals surface area (Å²) >= 11 is 0. The molecule has 0 aliphatic rings. The number of hydrogen-bond acceptors (Lipinski definition) is 6. The van der Waals surface area contributed by atoms with Gasteiger partial charge in [0.1, 0.15) is 11.5 Å². The average Bonchev–Trinajstić information content (AvgIpc) is 2.91. The highest BCUT2D eigenvalue weighted by atomic mass is 16.3. The molecule has 4 aromatic rings. The van der Waals surface area contributed by atoms with Crippen LogP contribution in [0.4, 0.5) is 0 Å². The summed E-state index contributed by atoms with van der Waals surface area (Å²) in [6, 6.07) is 23.3. The zero-order valence-electron chi connectivity index (χ0n) is 20.5. The van der Waals surface area contributed by atoms with Crippen LogP contribution in [0.3, 0.4) is 0 Å². The lowest BCUT2D eigenvalue weighted by Gasteiger charge is -2.06. The Balaban J connectivity index is 1.06. The first kappa shape index (κ1) is 25.4.